The van der Waals surface area contributed by atoms with Gasteiger partial charge in [0.1, 0.15) is 0 Å². The van der Waals surface area contributed by atoms with E-state index in [9.17, 15) is 0 Å². The van der Waals surface area contributed by atoms with Gasteiger partial charge < -0.3 is 14.8 Å². The molecule has 0 fully saturated rings. The lowest BCUT2D eigenvalue weighted by Crippen LogP contribution is -2.33. The number of aromatic nitrogens is 3. The SMILES string of the molecule is COCCN(CCOC)CCn1cc(CNC(C)C)nn1. The smallest absolute Gasteiger partial charge is 0.0964 e. The minimum atomic E-state index is 0.453. The van der Waals surface area contributed by atoms with Crippen LogP contribution < -0.4 is 5.32 Å². The molecule has 0 bridgehead atoms. The number of nitrogens with zero attached hydrogens (tertiary/aromatic N) is 4. The van der Waals surface area contributed by atoms with Gasteiger partial charge in [-0.15, -0.1) is 5.10 Å². The number of rotatable bonds is 12. The number of methoxy groups -OCH3 is 2. The van der Waals surface area contributed by atoms with E-state index in [1.165, 1.54) is 0 Å². The lowest BCUT2D eigenvalue weighted by molar-refractivity contribution is 0.111. The number of hydrogen-bond acceptors (Lipinski definition) is 6. The van der Waals surface area contributed by atoms with Crippen molar-refractivity contribution in [2.24, 2.45) is 0 Å². The molecule has 0 amide bonds. The molecule has 7 heteroatoms. The molecule has 1 aromatic rings. The Labute approximate surface area is 127 Å². The van der Waals surface area contributed by atoms with E-state index >= 15 is 0 Å². The van der Waals surface area contributed by atoms with Gasteiger partial charge in [0.05, 0.1) is 25.5 Å². The van der Waals surface area contributed by atoms with Crippen LogP contribution in [0.1, 0.15) is 19.5 Å². The Morgan fingerprint density at radius 3 is 2.43 bits per heavy atom. The molecule has 0 unspecified atom stereocenters. The quantitative estimate of drug-likeness (QED) is 0.602. The van der Waals surface area contributed by atoms with Crippen LogP contribution in [0.3, 0.4) is 0 Å². The van der Waals surface area contributed by atoms with Crippen molar-refractivity contribution in [1.29, 1.82) is 0 Å². The first-order valence-electron chi connectivity index (χ1n) is 7.48. The van der Waals surface area contributed by atoms with E-state index < -0.39 is 0 Å². The molecule has 1 rings (SSSR count). The molecule has 1 heterocycles. The zero-order valence-corrected chi connectivity index (χ0v) is 13.7. The van der Waals surface area contributed by atoms with Gasteiger partial charge in [0.15, 0.2) is 0 Å². The molecule has 0 aliphatic heterocycles. The molecule has 7 nitrogen and oxygen atoms in total. The van der Waals surface area contributed by atoms with Crippen molar-refractivity contribution in [3.8, 4) is 0 Å². The van der Waals surface area contributed by atoms with Gasteiger partial charge in [-0.25, -0.2) is 0 Å². The van der Waals surface area contributed by atoms with E-state index in [0.717, 1.165) is 51.6 Å². The summed E-state index contributed by atoms with van der Waals surface area (Å²) in [7, 11) is 3.44. The van der Waals surface area contributed by atoms with Crippen LogP contribution in [0.2, 0.25) is 0 Å². The normalized spacial score (nSPS) is 11.7. The minimum absolute atomic E-state index is 0.453. The highest BCUT2D eigenvalue weighted by molar-refractivity contribution is 4.91. The molecule has 0 aromatic carbocycles. The first-order valence-corrected chi connectivity index (χ1v) is 7.48. The Kier molecular flexibility index (Phi) is 9.16. The van der Waals surface area contributed by atoms with E-state index in [1.54, 1.807) is 14.2 Å². The Bertz CT molecular complexity index is 362. The molecule has 122 valence electrons. The van der Waals surface area contributed by atoms with Crippen molar-refractivity contribution in [3.63, 3.8) is 0 Å². The lowest BCUT2D eigenvalue weighted by atomic mass is 10.3. The third-order valence-electron chi connectivity index (χ3n) is 3.15. The average Bonchev–Trinajstić information content (AvgIpc) is 2.92. The molecule has 0 spiro atoms. The molecule has 21 heavy (non-hydrogen) atoms. The maximum absolute atomic E-state index is 5.14. The Hall–Kier alpha value is -1.02. The van der Waals surface area contributed by atoms with Crippen LogP contribution in [0.15, 0.2) is 6.20 Å². The first kappa shape index (κ1) is 18.0. The summed E-state index contributed by atoms with van der Waals surface area (Å²) in [5.74, 6) is 0. The third-order valence-corrected chi connectivity index (χ3v) is 3.15. The largest absolute Gasteiger partial charge is 0.383 e. The van der Waals surface area contributed by atoms with Gasteiger partial charge in [0, 0.05) is 52.6 Å². The molecule has 0 aliphatic rings. The van der Waals surface area contributed by atoms with Gasteiger partial charge in [0.2, 0.25) is 0 Å². The second-order valence-corrected chi connectivity index (χ2v) is 5.34. The summed E-state index contributed by atoms with van der Waals surface area (Å²) in [6.45, 7) is 9.98. The van der Waals surface area contributed by atoms with Gasteiger partial charge >= 0.3 is 0 Å². The number of ether oxygens (including phenoxy) is 2. The van der Waals surface area contributed by atoms with Gasteiger partial charge in [-0.2, -0.15) is 0 Å². The highest BCUT2D eigenvalue weighted by Gasteiger charge is 2.06. The fourth-order valence-corrected chi connectivity index (χ4v) is 1.86. The Balaban J connectivity index is 2.36. The van der Waals surface area contributed by atoms with Gasteiger partial charge in [-0.3, -0.25) is 9.58 Å². The minimum Gasteiger partial charge on any atom is -0.383 e. The first-order chi connectivity index (χ1) is 10.2. The fourth-order valence-electron chi connectivity index (χ4n) is 1.86. The Morgan fingerprint density at radius 1 is 1.19 bits per heavy atom. The zero-order chi connectivity index (χ0) is 15.5. The van der Waals surface area contributed by atoms with E-state index in [4.69, 9.17) is 9.47 Å². The fraction of sp³-hybridized carbons (Fsp3) is 0.857. The van der Waals surface area contributed by atoms with Crippen molar-refractivity contribution >= 4 is 0 Å². The van der Waals surface area contributed by atoms with Crippen molar-refractivity contribution in [3.05, 3.63) is 11.9 Å². The van der Waals surface area contributed by atoms with Crippen molar-refractivity contribution < 1.29 is 9.47 Å². The van der Waals surface area contributed by atoms with Crippen molar-refractivity contribution in [2.45, 2.75) is 33.0 Å². The molecular weight excluding hydrogens is 270 g/mol. The van der Waals surface area contributed by atoms with Gasteiger partial charge in [-0.1, -0.05) is 19.1 Å². The number of hydrogen-bond donors (Lipinski definition) is 1. The summed E-state index contributed by atoms with van der Waals surface area (Å²) in [4.78, 5) is 2.31. The maximum atomic E-state index is 5.14. The summed E-state index contributed by atoms with van der Waals surface area (Å²) in [5, 5.41) is 11.7. The summed E-state index contributed by atoms with van der Waals surface area (Å²) in [5.41, 5.74) is 0.976. The summed E-state index contributed by atoms with van der Waals surface area (Å²) in [6, 6.07) is 0.453. The highest BCUT2D eigenvalue weighted by atomic mass is 16.5. The van der Waals surface area contributed by atoms with Crippen molar-refractivity contribution in [1.82, 2.24) is 25.2 Å². The van der Waals surface area contributed by atoms with Crippen molar-refractivity contribution in [2.75, 3.05) is 47.1 Å². The molecule has 1 N–H and O–H groups in total. The van der Waals surface area contributed by atoms with Crippen LogP contribution in [0.5, 0.6) is 0 Å². The molecule has 1 aromatic heterocycles. The number of nitrogens with one attached hydrogen (secondary N) is 1. The predicted octanol–water partition coefficient (Wildman–Crippen LogP) is 0.371. The summed E-state index contributed by atoms with van der Waals surface area (Å²) < 4.78 is 12.2. The molecule has 0 aliphatic carbocycles. The maximum Gasteiger partial charge on any atom is 0.0964 e. The molecule has 0 saturated carbocycles. The molecular formula is C14H29N5O2. The van der Waals surface area contributed by atoms with Crippen LogP contribution in [-0.2, 0) is 22.6 Å². The van der Waals surface area contributed by atoms with E-state index in [2.05, 4.69) is 34.4 Å². The van der Waals surface area contributed by atoms with Crippen LogP contribution in [0.25, 0.3) is 0 Å². The Morgan fingerprint density at radius 2 is 1.86 bits per heavy atom. The monoisotopic (exact) mass is 299 g/mol. The zero-order valence-electron chi connectivity index (χ0n) is 13.7. The average molecular weight is 299 g/mol. The topological polar surface area (TPSA) is 64.4 Å². The predicted molar refractivity (Wildman–Crippen MR) is 82.2 cm³/mol. The van der Waals surface area contributed by atoms with Crippen LogP contribution >= 0.6 is 0 Å². The van der Waals surface area contributed by atoms with Crippen LogP contribution in [-0.4, -0.2) is 73.0 Å². The summed E-state index contributed by atoms with van der Waals surface area (Å²) in [6.07, 6.45) is 2.00. The van der Waals surface area contributed by atoms with Crippen LogP contribution in [0.4, 0.5) is 0 Å². The molecule has 0 atom stereocenters. The van der Waals surface area contributed by atoms with Gasteiger partial charge in [-0.05, 0) is 0 Å². The summed E-state index contributed by atoms with van der Waals surface area (Å²) >= 11 is 0. The third kappa shape index (κ3) is 8.11. The standard InChI is InChI=1S/C14H29N5O2/c1-13(2)15-11-14-12-19(17-16-14)6-5-18(7-9-20-3)8-10-21-4/h12-13,15H,5-11H2,1-4H3. The van der Waals surface area contributed by atoms with E-state index in [-0.39, 0.29) is 0 Å². The second kappa shape index (κ2) is 10.7. The second-order valence-electron chi connectivity index (χ2n) is 5.34. The van der Waals surface area contributed by atoms with E-state index in [0.29, 0.717) is 6.04 Å². The van der Waals surface area contributed by atoms with Gasteiger partial charge in [0.25, 0.3) is 0 Å². The van der Waals surface area contributed by atoms with Crippen LogP contribution in [0, 0.1) is 0 Å². The molecule has 0 radical (unpaired) electrons. The van der Waals surface area contributed by atoms with E-state index in [1.807, 2.05) is 10.9 Å². The molecule has 0 saturated heterocycles. The lowest BCUT2D eigenvalue weighted by Gasteiger charge is -2.21. The highest BCUT2D eigenvalue weighted by Crippen LogP contribution is 1.96.